The zero-order valence-corrected chi connectivity index (χ0v) is 14.9. The molecule has 27 heavy (non-hydrogen) atoms. The molecule has 144 valence electrons. The van der Waals surface area contributed by atoms with Crippen molar-refractivity contribution in [1.29, 1.82) is 0 Å². The fourth-order valence-corrected chi connectivity index (χ4v) is 3.17. The molecule has 0 aliphatic rings. The Morgan fingerprint density at radius 2 is 2.11 bits per heavy atom. The Morgan fingerprint density at radius 3 is 2.74 bits per heavy atom. The van der Waals surface area contributed by atoms with Crippen LogP contribution in [0.2, 0.25) is 0 Å². The standard InChI is InChI=1S/C15H13F3N4O4S/c1-24-7-10-9(13(23)25-2)6-22(20-10)5-8-3-4-11(27-8)12-19-14(26-21-12)15(16,17)18/h3-4,6H,5,7H2,1-2H3. The van der Waals surface area contributed by atoms with Gasteiger partial charge in [0.25, 0.3) is 0 Å². The molecule has 0 aromatic carbocycles. The molecule has 3 rings (SSSR count). The predicted octanol–water partition coefficient (Wildman–Crippen LogP) is 2.99. The van der Waals surface area contributed by atoms with E-state index in [9.17, 15) is 18.0 Å². The van der Waals surface area contributed by atoms with E-state index < -0.39 is 18.0 Å². The van der Waals surface area contributed by atoms with Crippen LogP contribution < -0.4 is 0 Å². The van der Waals surface area contributed by atoms with Gasteiger partial charge >= 0.3 is 18.0 Å². The minimum Gasteiger partial charge on any atom is -0.465 e. The molecule has 0 amide bonds. The summed E-state index contributed by atoms with van der Waals surface area (Å²) >= 11 is 1.19. The Kier molecular flexibility index (Phi) is 5.28. The largest absolute Gasteiger partial charge is 0.471 e. The lowest BCUT2D eigenvalue weighted by Crippen LogP contribution is -2.04. The van der Waals surface area contributed by atoms with Gasteiger partial charge in [0.2, 0.25) is 5.82 Å². The molecule has 0 fully saturated rings. The van der Waals surface area contributed by atoms with Crippen molar-refractivity contribution in [3.05, 3.63) is 40.4 Å². The van der Waals surface area contributed by atoms with Gasteiger partial charge < -0.3 is 14.0 Å². The van der Waals surface area contributed by atoms with Crippen molar-refractivity contribution in [3.8, 4) is 10.7 Å². The maximum absolute atomic E-state index is 12.6. The van der Waals surface area contributed by atoms with Gasteiger partial charge in [0, 0.05) is 18.2 Å². The van der Waals surface area contributed by atoms with Gasteiger partial charge in [-0.05, 0) is 12.1 Å². The summed E-state index contributed by atoms with van der Waals surface area (Å²) in [6.07, 6.45) is -3.17. The van der Waals surface area contributed by atoms with Crippen LogP contribution in [0.4, 0.5) is 13.2 Å². The molecule has 8 nitrogen and oxygen atoms in total. The van der Waals surface area contributed by atoms with Gasteiger partial charge in [0.1, 0.15) is 11.3 Å². The van der Waals surface area contributed by atoms with Crippen molar-refractivity contribution in [3.63, 3.8) is 0 Å². The second-order valence-electron chi connectivity index (χ2n) is 5.30. The van der Waals surface area contributed by atoms with Crippen LogP contribution in [0, 0.1) is 0 Å². The smallest absolute Gasteiger partial charge is 0.465 e. The number of carbonyl (C=O) groups is 1. The molecule has 0 bridgehead atoms. The van der Waals surface area contributed by atoms with E-state index in [1.54, 1.807) is 12.1 Å². The summed E-state index contributed by atoms with van der Waals surface area (Å²) in [7, 11) is 2.74. The Balaban J connectivity index is 1.80. The first-order valence-electron chi connectivity index (χ1n) is 7.45. The summed E-state index contributed by atoms with van der Waals surface area (Å²) in [4.78, 5) is 16.3. The molecule has 12 heteroatoms. The number of alkyl halides is 3. The number of ether oxygens (including phenoxy) is 2. The van der Waals surface area contributed by atoms with Crippen LogP contribution in [0.25, 0.3) is 10.7 Å². The van der Waals surface area contributed by atoms with Crippen molar-refractivity contribution >= 4 is 17.3 Å². The van der Waals surface area contributed by atoms with Gasteiger partial charge in [0.15, 0.2) is 0 Å². The van der Waals surface area contributed by atoms with Crippen LogP contribution in [0.5, 0.6) is 0 Å². The number of halogens is 3. The molecule has 0 atom stereocenters. The Hall–Kier alpha value is -2.73. The SMILES string of the molecule is COCc1nn(Cc2ccc(-c3noc(C(F)(F)F)n3)s2)cc1C(=O)OC. The lowest BCUT2D eigenvalue weighted by molar-refractivity contribution is -0.159. The van der Waals surface area contributed by atoms with Crippen LogP contribution in [-0.2, 0) is 28.8 Å². The zero-order chi connectivity index (χ0) is 19.6. The summed E-state index contributed by atoms with van der Waals surface area (Å²) in [5, 5.41) is 7.64. The minimum absolute atomic E-state index is 0.135. The van der Waals surface area contributed by atoms with Gasteiger partial charge in [-0.15, -0.1) is 11.3 Å². The highest BCUT2D eigenvalue weighted by molar-refractivity contribution is 7.15. The number of aromatic nitrogens is 4. The molecule has 0 aliphatic carbocycles. The van der Waals surface area contributed by atoms with Crippen LogP contribution in [0.15, 0.2) is 22.9 Å². The third kappa shape index (κ3) is 4.17. The number of hydrogen-bond donors (Lipinski definition) is 0. The van der Waals surface area contributed by atoms with Gasteiger partial charge in [-0.25, -0.2) is 4.79 Å². The van der Waals surface area contributed by atoms with E-state index in [0.717, 1.165) is 4.88 Å². The van der Waals surface area contributed by atoms with Gasteiger partial charge in [-0.3, -0.25) is 4.68 Å². The van der Waals surface area contributed by atoms with Crippen LogP contribution in [-0.4, -0.2) is 40.1 Å². The third-order valence-electron chi connectivity index (χ3n) is 3.39. The molecule has 3 aromatic rings. The Morgan fingerprint density at radius 1 is 1.33 bits per heavy atom. The first-order chi connectivity index (χ1) is 12.8. The lowest BCUT2D eigenvalue weighted by atomic mass is 10.2. The van der Waals surface area contributed by atoms with E-state index in [1.165, 1.54) is 36.4 Å². The van der Waals surface area contributed by atoms with E-state index in [4.69, 9.17) is 9.47 Å². The number of hydrogen-bond acceptors (Lipinski definition) is 8. The third-order valence-corrected chi connectivity index (χ3v) is 4.46. The van der Waals surface area contributed by atoms with Gasteiger partial charge in [-0.2, -0.15) is 23.3 Å². The summed E-state index contributed by atoms with van der Waals surface area (Å²) < 4.78 is 53.2. The summed E-state index contributed by atoms with van der Waals surface area (Å²) in [5.74, 6) is -2.08. The highest BCUT2D eigenvalue weighted by Gasteiger charge is 2.38. The molecule has 0 saturated carbocycles. The van der Waals surface area contributed by atoms with E-state index in [0.29, 0.717) is 17.1 Å². The average Bonchev–Trinajstić information content (AvgIpc) is 3.33. The molecule has 0 unspecified atom stereocenters. The number of methoxy groups -OCH3 is 2. The van der Waals surface area contributed by atoms with Crippen LogP contribution in [0.3, 0.4) is 0 Å². The summed E-state index contributed by atoms with van der Waals surface area (Å²) in [5.41, 5.74) is 0.707. The Labute approximate surface area is 154 Å². The van der Waals surface area contributed by atoms with E-state index >= 15 is 0 Å². The highest BCUT2D eigenvalue weighted by atomic mass is 32.1. The normalized spacial score (nSPS) is 11.7. The number of esters is 1. The van der Waals surface area contributed by atoms with Crippen molar-refractivity contribution in [2.75, 3.05) is 14.2 Å². The van der Waals surface area contributed by atoms with E-state index in [2.05, 4.69) is 19.8 Å². The fourth-order valence-electron chi connectivity index (χ4n) is 2.25. The Bertz CT molecular complexity index is 947. The summed E-state index contributed by atoms with van der Waals surface area (Å²) in [6.45, 7) is 0.429. The maximum Gasteiger partial charge on any atom is 0.471 e. The quantitative estimate of drug-likeness (QED) is 0.585. The van der Waals surface area contributed by atoms with E-state index in [-0.39, 0.29) is 18.0 Å². The fraction of sp³-hybridized carbons (Fsp3) is 0.333. The number of thiophene rings is 1. The number of carbonyl (C=O) groups excluding carboxylic acids is 1. The molecule has 3 heterocycles. The molecule has 0 radical (unpaired) electrons. The summed E-state index contributed by atoms with van der Waals surface area (Å²) in [6, 6.07) is 3.30. The first kappa shape index (κ1) is 19.0. The van der Waals surface area contributed by atoms with E-state index in [1.807, 2.05) is 0 Å². The highest BCUT2D eigenvalue weighted by Crippen LogP contribution is 2.32. The number of rotatable bonds is 6. The second-order valence-corrected chi connectivity index (χ2v) is 6.47. The van der Waals surface area contributed by atoms with Gasteiger partial charge in [0.05, 0.1) is 25.1 Å². The topological polar surface area (TPSA) is 92.3 Å². The maximum atomic E-state index is 12.6. The molecule has 3 aromatic heterocycles. The molecule has 0 spiro atoms. The molecule has 0 saturated heterocycles. The van der Waals surface area contributed by atoms with Crippen molar-refractivity contribution in [1.82, 2.24) is 19.9 Å². The number of nitrogens with zero attached hydrogens (tertiary/aromatic N) is 4. The van der Waals surface area contributed by atoms with Crippen molar-refractivity contribution in [2.45, 2.75) is 19.3 Å². The average molecular weight is 402 g/mol. The zero-order valence-electron chi connectivity index (χ0n) is 14.1. The first-order valence-corrected chi connectivity index (χ1v) is 8.27. The lowest BCUT2D eigenvalue weighted by Gasteiger charge is -1.98. The molecular formula is C15H13F3N4O4S. The van der Waals surface area contributed by atoms with Crippen molar-refractivity contribution < 1.29 is 32.0 Å². The van der Waals surface area contributed by atoms with Crippen LogP contribution >= 0.6 is 11.3 Å². The van der Waals surface area contributed by atoms with Crippen LogP contribution in [0.1, 0.15) is 26.8 Å². The van der Waals surface area contributed by atoms with Crippen molar-refractivity contribution in [2.24, 2.45) is 0 Å². The molecular weight excluding hydrogens is 389 g/mol. The minimum atomic E-state index is -4.69. The predicted molar refractivity (Wildman–Crippen MR) is 86.0 cm³/mol. The van der Waals surface area contributed by atoms with Gasteiger partial charge in [-0.1, -0.05) is 5.16 Å². The molecule has 0 aliphatic heterocycles. The second kappa shape index (κ2) is 7.48. The molecule has 0 N–H and O–H groups in total. The monoisotopic (exact) mass is 402 g/mol.